The summed E-state index contributed by atoms with van der Waals surface area (Å²) in [6.45, 7) is 0. The van der Waals surface area contributed by atoms with E-state index < -0.39 is 30.0 Å². The van der Waals surface area contributed by atoms with Gasteiger partial charge >= 0.3 is 5.97 Å². The number of aliphatic carboxylic acids is 1. The molecule has 2 rings (SSSR count). The number of carboxylic acid groups (broad SMARTS) is 1. The SMILES string of the molecule is Cn1nc(C(F)F)cc1C(=O)NC(Cc1ccc(Br)cc1)C(=O)O. The fraction of sp³-hybridized carbons (Fsp3) is 0.267. The molecule has 1 aromatic heterocycles. The summed E-state index contributed by atoms with van der Waals surface area (Å²) in [4.78, 5) is 23.5. The fourth-order valence-corrected chi connectivity index (χ4v) is 2.36. The van der Waals surface area contributed by atoms with Crippen LogP contribution in [0, 0.1) is 0 Å². The maximum absolute atomic E-state index is 12.6. The van der Waals surface area contributed by atoms with E-state index in [0.29, 0.717) is 5.56 Å². The largest absolute Gasteiger partial charge is 0.480 e. The third-order valence-electron chi connectivity index (χ3n) is 3.31. The molecule has 1 heterocycles. The molecule has 0 saturated heterocycles. The normalized spacial score (nSPS) is 12.2. The van der Waals surface area contributed by atoms with Gasteiger partial charge in [-0.25, -0.2) is 13.6 Å². The number of carbonyl (C=O) groups is 2. The number of aryl methyl sites for hydroxylation is 1. The predicted octanol–water partition coefficient (Wildman–Crippen LogP) is 2.55. The van der Waals surface area contributed by atoms with Crippen LogP contribution < -0.4 is 5.32 Å². The van der Waals surface area contributed by atoms with Crippen molar-refractivity contribution < 1.29 is 23.5 Å². The van der Waals surface area contributed by atoms with Gasteiger partial charge in [-0.3, -0.25) is 9.48 Å². The number of benzene rings is 1. The lowest BCUT2D eigenvalue weighted by molar-refractivity contribution is -0.139. The number of halogens is 3. The summed E-state index contributed by atoms with van der Waals surface area (Å²) in [7, 11) is 1.34. The monoisotopic (exact) mass is 401 g/mol. The summed E-state index contributed by atoms with van der Waals surface area (Å²) in [5.74, 6) is -2.00. The smallest absolute Gasteiger partial charge is 0.326 e. The van der Waals surface area contributed by atoms with Crippen LogP contribution in [0.25, 0.3) is 0 Å². The first kappa shape index (κ1) is 18.1. The van der Waals surface area contributed by atoms with E-state index in [9.17, 15) is 23.5 Å². The topological polar surface area (TPSA) is 84.2 Å². The average Bonchev–Trinajstić information content (AvgIpc) is 2.91. The second-order valence-electron chi connectivity index (χ2n) is 5.07. The molecular weight excluding hydrogens is 388 g/mol. The molecule has 0 radical (unpaired) electrons. The molecule has 0 bridgehead atoms. The van der Waals surface area contributed by atoms with Gasteiger partial charge in [-0.2, -0.15) is 5.10 Å². The van der Waals surface area contributed by atoms with Gasteiger partial charge in [0.15, 0.2) is 0 Å². The zero-order valence-corrected chi connectivity index (χ0v) is 14.1. The molecule has 1 atom stereocenters. The van der Waals surface area contributed by atoms with E-state index in [0.717, 1.165) is 15.2 Å². The zero-order valence-electron chi connectivity index (χ0n) is 12.5. The van der Waals surface area contributed by atoms with Crippen molar-refractivity contribution in [3.8, 4) is 0 Å². The van der Waals surface area contributed by atoms with Crippen molar-refractivity contribution in [2.75, 3.05) is 0 Å². The minimum atomic E-state index is -2.81. The highest BCUT2D eigenvalue weighted by atomic mass is 79.9. The standard InChI is InChI=1S/C15H14BrF2N3O3/c1-21-12(7-10(20-21)13(17)18)14(22)19-11(15(23)24)6-8-2-4-9(16)5-3-8/h2-5,7,11,13H,6H2,1H3,(H,19,22)(H,23,24). The summed E-state index contributed by atoms with van der Waals surface area (Å²) < 4.78 is 27.1. The van der Waals surface area contributed by atoms with Crippen LogP contribution in [0.3, 0.4) is 0 Å². The summed E-state index contributed by atoms with van der Waals surface area (Å²) in [6.07, 6.45) is -2.75. The number of nitrogens with zero attached hydrogens (tertiary/aromatic N) is 2. The Morgan fingerprint density at radius 2 is 1.96 bits per heavy atom. The van der Waals surface area contributed by atoms with Crippen molar-refractivity contribution >= 4 is 27.8 Å². The lowest BCUT2D eigenvalue weighted by Gasteiger charge is -2.14. The lowest BCUT2D eigenvalue weighted by atomic mass is 10.1. The van der Waals surface area contributed by atoms with E-state index >= 15 is 0 Å². The quantitative estimate of drug-likeness (QED) is 0.778. The van der Waals surface area contributed by atoms with Gasteiger partial charge in [0, 0.05) is 17.9 Å². The number of hydrogen-bond donors (Lipinski definition) is 2. The zero-order chi connectivity index (χ0) is 17.9. The van der Waals surface area contributed by atoms with Gasteiger partial charge < -0.3 is 10.4 Å². The number of alkyl halides is 2. The number of amides is 1. The molecule has 1 unspecified atom stereocenters. The second kappa shape index (κ2) is 7.52. The Morgan fingerprint density at radius 3 is 2.46 bits per heavy atom. The van der Waals surface area contributed by atoms with Crippen molar-refractivity contribution in [3.63, 3.8) is 0 Å². The Morgan fingerprint density at radius 1 is 1.33 bits per heavy atom. The molecular formula is C15H14BrF2N3O3. The molecule has 0 spiro atoms. The van der Waals surface area contributed by atoms with Crippen LogP contribution in [0.5, 0.6) is 0 Å². The third kappa shape index (κ3) is 4.38. The molecule has 9 heteroatoms. The molecule has 6 nitrogen and oxygen atoms in total. The van der Waals surface area contributed by atoms with Gasteiger partial charge in [-0.1, -0.05) is 28.1 Å². The molecule has 0 saturated carbocycles. The molecule has 2 aromatic rings. The van der Waals surface area contributed by atoms with Gasteiger partial charge in [0.1, 0.15) is 17.4 Å². The van der Waals surface area contributed by atoms with Gasteiger partial charge in [-0.15, -0.1) is 0 Å². The van der Waals surface area contributed by atoms with Gasteiger partial charge in [-0.05, 0) is 23.8 Å². The van der Waals surface area contributed by atoms with E-state index in [1.165, 1.54) is 7.05 Å². The van der Waals surface area contributed by atoms with Crippen LogP contribution in [0.1, 0.15) is 28.2 Å². The van der Waals surface area contributed by atoms with E-state index in [4.69, 9.17) is 0 Å². The number of nitrogens with one attached hydrogen (secondary N) is 1. The van der Waals surface area contributed by atoms with Crippen LogP contribution in [0.2, 0.25) is 0 Å². The van der Waals surface area contributed by atoms with E-state index in [-0.39, 0.29) is 12.1 Å². The summed E-state index contributed by atoms with van der Waals surface area (Å²) in [5.41, 5.74) is 0.0407. The highest BCUT2D eigenvalue weighted by Crippen LogP contribution is 2.18. The van der Waals surface area contributed by atoms with Crippen LogP contribution >= 0.6 is 15.9 Å². The van der Waals surface area contributed by atoms with Crippen molar-refractivity contribution in [3.05, 3.63) is 51.8 Å². The fourth-order valence-electron chi connectivity index (χ4n) is 2.10. The van der Waals surface area contributed by atoms with Gasteiger partial charge in [0.05, 0.1) is 0 Å². The predicted molar refractivity (Wildman–Crippen MR) is 84.9 cm³/mol. The lowest BCUT2D eigenvalue weighted by Crippen LogP contribution is -2.42. The summed E-state index contributed by atoms with van der Waals surface area (Å²) in [6, 6.07) is 6.72. The van der Waals surface area contributed by atoms with Crippen LogP contribution in [0.4, 0.5) is 8.78 Å². The Kier molecular flexibility index (Phi) is 5.66. The Bertz CT molecular complexity index is 747. The highest BCUT2D eigenvalue weighted by Gasteiger charge is 2.24. The van der Waals surface area contributed by atoms with Crippen molar-refractivity contribution in [2.24, 2.45) is 7.05 Å². The van der Waals surface area contributed by atoms with E-state index in [1.807, 2.05) is 0 Å². The highest BCUT2D eigenvalue weighted by molar-refractivity contribution is 9.10. The Balaban J connectivity index is 2.14. The third-order valence-corrected chi connectivity index (χ3v) is 3.84. The van der Waals surface area contributed by atoms with Crippen LogP contribution in [-0.4, -0.2) is 32.8 Å². The average molecular weight is 402 g/mol. The van der Waals surface area contributed by atoms with Gasteiger partial charge in [0.25, 0.3) is 12.3 Å². The molecule has 0 fully saturated rings. The first-order valence-corrected chi connectivity index (χ1v) is 7.67. The second-order valence-corrected chi connectivity index (χ2v) is 5.99. The number of carboxylic acids is 1. The molecule has 128 valence electrons. The molecule has 0 aliphatic heterocycles. The minimum absolute atomic E-state index is 0.0634. The first-order chi connectivity index (χ1) is 11.3. The Hall–Kier alpha value is -2.29. The maximum Gasteiger partial charge on any atom is 0.326 e. The summed E-state index contributed by atoms with van der Waals surface area (Å²) in [5, 5.41) is 15.1. The molecule has 0 aliphatic rings. The molecule has 24 heavy (non-hydrogen) atoms. The number of aromatic nitrogens is 2. The van der Waals surface area contributed by atoms with Crippen molar-refractivity contribution in [1.82, 2.24) is 15.1 Å². The molecule has 0 aliphatic carbocycles. The van der Waals surface area contributed by atoms with E-state index in [1.54, 1.807) is 24.3 Å². The number of hydrogen-bond acceptors (Lipinski definition) is 3. The summed E-state index contributed by atoms with van der Waals surface area (Å²) >= 11 is 3.28. The van der Waals surface area contributed by atoms with Crippen molar-refractivity contribution in [2.45, 2.75) is 18.9 Å². The van der Waals surface area contributed by atoms with Crippen LogP contribution in [0.15, 0.2) is 34.8 Å². The molecule has 2 N–H and O–H groups in total. The van der Waals surface area contributed by atoms with E-state index in [2.05, 4.69) is 26.3 Å². The van der Waals surface area contributed by atoms with Crippen molar-refractivity contribution in [1.29, 1.82) is 0 Å². The van der Waals surface area contributed by atoms with Crippen LogP contribution in [-0.2, 0) is 18.3 Å². The Labute approximate surface area is 144 Å². The number of rotatable bonds is 6. The van der Waals surface area contributed by atoms with Gasteiger partial charge in [0.2, 0.25) is 0 Å². The molecule has 1 amide bonds. The minimum Gasteiger partial charge on any atom is -0.480 e. The molecule has 1 aromatic carbocycles. The maximum atomic E-state index is 12.6. The number of carbonyl (C=O) groups excluding carboxylic acids is 1. The first-order valence-electron chi connectivity index (χ1n) is 6.88.